The molecule has 3 heteroatoms. The van der Waals surface area contributed by atoms with E-state index in [1.54, 1.807) is 6.07 Å². The van der Waals surface area contributed by atoms with E-state index in [9.17, 15) is 4.39 Å². The molecule has 0 atom stereocenters. The van der Waals surface area contributed by atoms with Crippen molar-refractivity contribution in [2.24, 2.45) is 0 Å². The number of fused-ring (bicyclic) bond motifs is 2. The summed E-state index contributed by atoms with van der Waals surface area (Å²) in [4.78, 5) is 4.75. The Morgan fingerprint density at radius 3 is 2.95 bits per heavy atom. The highest BCUT2D eigenvalue weighted by molar-refractivity contribution is 5.84. The molecule has 0 radical (unpaired) electrons. The van der Waals surface area contributed by atoms with Crippen LogP contribution in [0, 0.1) is 5.82 Å². The molecule has 1 N–H and O–H groups in total. The summed E-state index contributed by atoms with van der Waals surface area (Å²) < 4.78 is 13.6. The van der Waals surface area contributed by atoms with E-state index >= 15 is 0 Å². The molecule has 0 unspecified atom stereocenters. The van der Waals surface area contributed by atoms with Gasteiger partial charge >= 0.3 is 0 Å². The van der Waals surface area contributed by atoms with E-state index in [0.717, 1.165) is 43.3 Å². The van der Waals surface area contributed by atoms with Crippen molar-refractivity contribution in [2.45, 2.75) is 45.6 Å². The van der Waals surface area contributed by atoms with Gasteiger partial charge in [0.25, 0.3) is 0 Å². The van der Waals surface area contributed by atoms with Crippen LogP contribution in [0.1, 0.15) is 43.0 Å². The number of halogens is 1. The van der Waals surface area contributed by atoms with Gasteiger partial charge in [0.15, 0.2) is 0 Å². The quantitative estimate of drug-likeness (QED) is 0.857. The van der Waals surface area contributed by atoms with Gasteiger partial charge in [-0.05, 0) is 68.0 Å². The van der Waals surface area contributed by atoms with Gasteiger partial charge in [0, 0.05) is 17.6 Å². The Morgan fingerprint density at radius 2 is 2.10 bits per heavy atom. The normalized spacial score (nSPS) is 14.5. The number of hydrogen-bond acceptors (Lipinski definition) is 2. The molecule has 0 spiro atoms. The lowest BCUT2D eigenvalue weighted by molar-refractivity contribution is 0.626. The van der Waals surface area contributed by atoms with Crippen LogP contribution in [0.2, 0.25) is 0 Å². The lowest BCUT2D eigenvalue weighted by Crippen LogP contribution is -2.18. The van der Waals surface area contributed by atoms with Gasteiger partial charge in [0.1, 0.15) is 5.82 Å². The molecule has 0 aliphatic heterocycles. The highest BCUT2D eigenvalue weighted by atomic mass is 19.1. The first kappa shape index (κ1) is 13.5. The second kappa shape index (κ2) is 5.88. The maximum atomic E-state index is 13.6. The molecule has 1 aliphatic carbocycles. The third kappa shape index (κ3) is 2.55. The first-order chi connectivity index (χ1) is 9.79. The third-order valence-corrected chi connectivity index (χ3v) is 4.07. The summed E-state index contributed by atoms with van der Waals surface area (Å²) in [6, 6.07) is 4.96. The average molecular weight is 272 g/mol. The number of nitrogens with zero attached hydrogens (tertiary/aromatic N) is 1. The molecule has 20 heavy (non-hydrogen) atoms. The molecular weight excluding hydrogens is 251 g/mol. The first-order valence-electron chi connectivity index (χ1n) is 7.60. The van der Waals surface area contributed by atoms with Gasteiger partial charge in [-0.3, -0.25) is 4.98 Å². The molecule has 3 rings (SSSR count). The predicted molar refractivity (Wildman–Crippen MR) is 80.3 cm³/mol. The highest BCUT2D eigenvalue weighted by Gasteiger charge is 2.18. The maximum absolute atomic E-state index is 13.6. The molecule has 2 nitrogen and oxygen atoms in total. The van der Waals surface area contributed by atoms with Crippen molar-refractivity contribution in [3.8, 4) is 0 Å². The molecule has 0 fully saturated rings. The second-order valence-corrected chi connectivity index (χ2v) is 5.56. The summed E-state index contributed by atoms with van der Waals surface area (Å²) in [6.07, 6.45) is 5.69. The molecular formula is C17H21FN2. The molecule has 0 saturated heterocycles. The number of aromatic nitrogens is 1. The number of aryl methyl sites for hydroxylation is 1. The summed E-state index contributed by atoms with van der Waals surface area (Å²) in [7, 11) is 0. The number of pyridine rings is 1. The molecule has 0 amide bonds. The van der Waals surface area contributed by atoms with E-state index in [1.165, 1.54) is 35.7 Å². The lowest BCUT2D eigenvalue weighted by Gasteiger charge is -2.21. The van der Waals surface area contributed by atoms with Crippen LogP contribution in [0.15, 0.2) is 18.2 Å². The van der Waals surface area contributed by atoms with Crippen LogP contribution >= 0.6 is 0 Å². The van der Waals surface area contributed by atoms with Crippen LogP contribution in [-0.2, 0) is 19.4 Å². The van der Waals surface area contributed by atoms with Crippen molar-refractivity contribution >= 4 is 10.9 Å². The minimum Gasteiger partial charge on any atom is -0.313 e. The predicted octanol–water partition coefficient (Wildman–Crippen LogP) is 3.75. The Kier molecular flexibility index (Phi) is 3.97. The summed E-state index contributed by atoms with van der Waals surface area (Å²) in [5.74, 6) is -0.174. The molecule has 1 aliphatic rings. The average Bonchev–Trinajstić information content (AvgIpc) is 2.47. The third-order valence-electron chi connectivity index (χ3n) is 4.07. The Hall–Kier alpha value is -1.48. The SMILES string of the molecule is CCCNCc1c2c(nc3ccc(F)cc13)CCCC2. The fourth-order valence-corrected chi connectivity index (χ4v) is 3.09. The standard InChI is InChI=1S/C17H21FN2/c1-2-9-19-11-15-13-5-3-4-6-16(13)20-17-8-7-12(18)10-14(15)17/h7-8,10,19H,2-6,9,11H2,1H3. The van der Waals surface area contributed by atoms with Gasteiger partial charge in [-0.25, -0.2) is 4.39 Å². The maximum Gasteiger partial charge on any atom is 0.123 e. The monoisotopic (exact) mass is 272 g/mol. The van der Waals surface area contributed by atoms with Crippen molar-refractivity contribution in [2.75, 3.05) is 6.54 Å². The van der Waals surface area contributed by atoms with Crippen LogP contribution in [0.4, 0.5) is 4.39 Å². The van der Waals surface area contributed by atoms with Gasteiger partial charge in [0.05, 0.1) is 5.52 Å². The van der Waals surface area contributed by atoms with Crippen molar-refractivity contribution < 1.29 is 4.39 Å². The molecule has 0 bridgehead atoms. The first-order valence-corrected chi connectivity index (χ1v) is 7.60. The zero-order valence-corrected chi connectivity index (χ0v) is 12.0. The molecule has 2 aromatic rings. The molecule has 1 aromatic carbocycles. The Balaban J connectivity index is 2.12. The van der Waals surface area contributed by atoms with Crippen molar-refractivity contribution in [1.82, 2.24) is 10.3 Å². The second-order valence-electron chi connectivity index (χ2n) is 5.56. The Labute approximate surface area is 119 Å². The van der Waals surface area contributed by atoms with E-state index in [2.05, 4.69) is 12.2 Å². The Bertz CT molecular complexity index is 622. The summed E-state index contributed by atoms with van der Waals surface area (Å²) in [5, 5.41) is 4.44. The van der Waals surface area contributed by atoms with E-state index in [-0.39, 0.29) is 5.82 Å². The summed E-state index contributed by atoms with van der Waals surface area (Å²) >= 11 is 0. The lowest BCUT2D eigenvalue weighted by atomic mass is 9.89. The molecule has 106 valence electrons. The van der Waals surface area contributed by atoms with Crippen LogP contribution in [0.25, 0.3) is 10.9 Å². The number of nitrogens with one attached hydrogen (secondary N) is 1. The molecule has 1 aromatic heterocycles. The molecule has 1 heterocycles. The van der Waals surface area contributed by atoms with Crippen LogP contribution in [-0.4, -0.2) is 11.5 Å². The summed E-state index contributed by atoms with van der Waals surface area (Å²) in [5.41, 5.74) is 4.78. The number of hydrogen-bond donors (Lipinski definition) is 1. The van der Waals surface area contributed by atoms with E-state index in [1.807, 2.05) is 6.07 Å². The van der Waals surface area contributed by atoms with Crippen LogP contribution in [0.3, 0.4) is 0 Å². The summed E-state index contributed by atoms with van der Waals surface area (Å²) in [6.45, 7) is 3.97. The molecule has 0 saturated carbocycles. The smallest absolute Gasteiger partial charge is 0.123 e. The zero-order chi connectivity index (χ0) is 13.9. The number of benzene rings is 1. The van der Waals surface area contributed by atoms with Crippen molar-refractivity contribution in [3.05, 3.63) is 40.8 Å². The van der Waals surface area contributed by atoms with Gasteiger partial charge in [0.2, 0.25) is 0 Å². The zero-order valence-electron chi connectivity index (χ0n) is 12.0. The number of rotatable bonds is 4. The van der Waals surface area contributed by atoms with Crippen LogP contribution < -0.4 is 5.32 Å². The fourth-order valence-electron chi connectivity index (χ4n) is 3.09. The van der Waals surface area contributed by atoms with Crippen LogP contribution in [0.5, 0.6) is 0 Å². The van der Waals surface area contributed by atoms with Gasteiger partial charge in [-0.15, -0.1) is 0 Å². The minimum absolute atomic E-state index is 0.174. The van der Waals surface area contributed by atoms with E-state index in [0.29, 0.717) is 0 Å². The van der Waals surface area contributed by atoms with Gasteiger partial charge < -0.3 is 5.32 Å². The topological polar surface area (TPSA) is 24.9 Å². The van der Waals surface area contributed by atoms with Crippen molar-refractivity contribution in [1.29, 1.82) is 0 Å². The van der Waals surface area contributed by atoms with Gasteiger partial charge in [-0.2, -0.15) is 0 Å². The minimum atomic E-state index is -0.174. The largest absolute Gasteiger partial charge is 0.313 e. The Morgan fingerprint density at radius 1 is 1.25 bits per heavy atom. The highest BCUT2D eigenvalue weighted by Crippen LogP contribution is 2.29. The fraction of sp³-hybridized carbons (Fsp3) is 0.471. The van der Waals surface area contributed by atoms with Gasteiger partial charge in [-0.1, -0.05) is 6.92 Å². The van der Waals surface area contributed by atoms with E-state index in [4.69, 9.17) is 4.98 Å². The van der Waals surface area contributed by atoms with E-state index < -0.39 is 0 Å². The van der Waals surface area contributed by atoms with Crippen molar-refractivity contribution in [3.63, 3.8) is 0 Å².